The van der Waals surface area contributed by atoms with Gasteiger partial charge < -0.3 is 10.6 Å². The van der Waals surface area contributed by atoms with Gasteiger partial charge in [-0.3, -0.25) is 0 Å². The molecule has 0 saturated carbocycles. The zero-order valence-electron chi connectivity index (χ0n) is 11.0. The Bertz CT molecular complexity index is 332. The molecule has 2 heteroatoms. The number of benzene rings is 1. The fraction of sp³-hybridized carbons (Fsp3) is 0.571. The predicted molar refractivity (Wildman–Crippen MR) is 71.4 cm³/mol. The number of nitrogens with zero attached hydrogens (tertiary/aromatic N) is 1. The molecule has 0 aromatic heterocycles. The van der Waals surface area contributed by atoms with Gasteiger partial charge in [0.05, 0.1) is 0 Å². The molecule has 0 saturated heterocycles. The van der Waals surface area contributed by atoms with E-state index >= 15 is 0 Å². The van der Waals surface area contributed by atoms with Crippen molar-refractivity contribution in [1.29, 1.82) is 0 Å². The van der Waals surface area contributed by atoms with Gasteiger partial charge in [-0.25, -0.2) is 0 Å². The maximum Gasteiger partial charge on any atom is 0.0346 e. The van der Waals surface area contributed by atoms with Crippen LogP contribution in [0.1, 0.15) is 31.4 Å². The van der Waals surface area contributed by atoms with Crippen LogP contribution in [0.4, 0.5) is 5.69 Å². The van der Waals surface area contributed by atoms with E-state index in [1.807, 2.05) is 12.1 Å². The Hall–Kier alpha value is -1.02. The van der Waals surface area contributed by atoms with E-state index in [2.05, 4.69) is 38.8 Å². The molecule has 0 unspecified atom stereocenters. The zero-order chi connectivity index (χ0) is 12.1. The fourth-order valence-corrected chi connectivity index (χ4v) is 1.72. The molecule has 0 spiro atoms. The molecule has 0 aliphatic rings. The van der Waals surface area contributed by atoms with Gasteiger partial charge in [-0.2, -0.15) is 0 Å². The average molecular weight is 220 g/mol. The first-order chi connectivity index (χ1) is 7.50. The lowest BCUT2D eigenvalue weighted by Crippen LogP contribution is -2.21. The molecule has 0 heterocycles. The van der Waals surface area contributed by atoms with Crippen LogP contribution in [0, 0.1) is 12.8 Å². The summed E-state index contributed by atoms with van der Waals surface area (Å²) in [4.78, 5) is 2.36. The standard InChI is InChI=1S/C14H24N2/c1-11(2)8-9-16(4)10-13-6-5-7-14(15)12(13)3/h5-7,11H,8-10,15H2,1-4H3. The van der Waals surface area contributed by atoms with Crippen molar-refractivity contribution in [3.8, 4) is 0 Å². The van der Waals surface area contributed by atoms with Gasteiger partial charge in [0.25, 0.3) is 0 Å². The van der Waals surface area contributed by atoms with E-state index in [1.54, 1.807) is 0 Å². The Morgan fingerprint density at radius 1 is 1.31 bits per heavy atom. The lowest BCUT2D eigenvalue weighted by Gasteiger charge is -2.19. The van der Waals surface area contributed by atoms with E-state index in [4.69, 9.17) is 5.73 Å². The first kappa shape index (κ1) is 13.0. The molecular formula is C14H24N2. The van der Waals surface area contributed by atoms with Gasteiger partial charge in [0, 0.05) is 12.2 Å². The van der Waals surface area contributed by atoms with E-state index < -0.39 is 0 Å². The number of rotatable bonds is 5. The van der Waals surface area contributed by atoms with Gasteiger partial charge >= 0.3 is 0 Å². The Morgan fingerprint density at radius 2 is 2.00 bits per heavy atom. The molecule has 0 bridgehead atoms. The van der Waals surface area contributed by atoms with Gasteiger partial charge in [-0.1, -0.05) is 26.0 Å². The first-order valence-corrected chi connectivity index (χ1v) is 6.03. The monoisotopic (exact) mass is 220 g/mol. The number of nitrogen functional groups attached to an aromatic ring is 1. The number of hydrogen-bond donors (Lipinski definition) is 1. The zero-order valence-corrected chi connectivity index (χ0v) is 11.0. The van der Waals surface area contributed by atoms with Crippen molar-refractivity contribution in [2.45, 2.75) is 33.7 Å². The van der Waals surface area contributed by atoms with Crippen LogP contribution in [-0.4, -0.2) is 18.5 Å². The third kappa shape index (κ3) is 3.86. The van der Waals surface area contributed by atoms with E-state index in [1.165, 1.54) is 17.5 Å². The number of anilines is 1. The fourth-order valence-electron chi connectivity index (χ4n) is 1.72. The lowest BCUT2D eigenvalue weighted by molar-refractivity contribution is 0.303. The Labute approximate surface area is 99.5 Å². The summed E-state index contributed by atoms with van der Waals surface area (Å²) in [6.07, 6.45) is 1.25. The van der Waals surface area contributed by atoms with Crippen molar-refractivity contribution in [1.82, 2.24) is 4.90 Å². The third-order valence-corrected chi connectivity index (χ3v) is 3.02. The lowest BCUT2D eigenvalue weighted by atomic mass is 10.1. The highest BCUT2D eigenvalue weighted by Crippen LogP contribution is 2.17. The number of hydrogen-bond acceptors (Lipinski definition) is 2. The quantitative estimate of drug-likeness (QED) is 0.773. The summed E-state index contributed by atoms with van der Waals surface area (Å²) in [5, 5.41) is 0. The summed E-state index contributed by atoms with van der Waals surface area (Å²) >= 11 is 0. The molecule has 1 aromatic carbocycles. The van der Waals surface area contributed by atoms with Crippen molar-refractivity contribution in [3.05, 3.63) is 29.3 Å². The summed E-state index contributed by atoms with van der Waals surface area (Å²) in [7, 11) is 2.17. The van der Waals surface area contributed by atoms with Gasteiger partial charge in [0.1, 0.15) is 0 Å². The molecule has 0 atom stereocenters. The summed E-state index contributed by atoms with van der Waals surface area (Å²) in [5.41, 5.74) is 9.36. The first-order valence-electron chi connectivity index (χ1n) is 6.03. The van der Waals surface area contributed by atoms with Crippen LogP contribution in [0.5, 0.6) is 0 Å². The van der Waals surface area contributed by atoms with Crippen molar-refractivity contribution < 1.29 is 0 Å². The van der Waals surface area contributed by atoms with Crippen molar-refractivity contribution >= 4 is 5.69 Å². The summed E-state index contributed by atoms with van der Waals surface area (Å²) < 4.78 is 0. The van der Waals surface area contributed by atoms with Gasteiger partial charge in [0.15, 0.2) is 0 Å². The third-order valence-electron chi connectivity index (χ3n) is 3.02. The maximum absolute atomic E-state index is 5.90. The number of nitrogens with two attached hydrogens (primary N) is 1. The summed E-state index contributed by atoms with van der Waals surface area (Å²) in [6.45, 7) is 8.76. The molecule has 0 fully saturated rings. The minimum atomic E-state index is 0.768. The highest BCUT2D eigenvalue weighted by atomic mass is 15.1. The Kier molecular flexibility index (Phi) is 4.81. The molecule has 16 heavy (non-hydrogen) atoms. The second-order valence-corrected chi connectivity index (χ2v) is 5.05. The Morgan fingerprint density at radius 3 is 2.62 bits per heavy atom. The molecule has 1 rings (SSSR count). The molecule has 0 aliphatic carbocycles. The highest BCUT2D eigenvalue weighted by molar-refractivity contribution is 5.49. The van der Waals surface area contributed by atoms with Crippen LogP contribution in [0.25, 0.3) is 0 Å². The SMILES string of the molecule is Cc1c(N)cccc1CN(C)CCC(C)C. The van der Waals surface area contributed by atoms with Crippen LogP contribution in [0.3, 0.4) is 0 Å². The van der Waals surface area contributed by atoms with Gasteiger partial charge in [-0.15, -0.1) is 0 Å². The molecular weight excluding hydrogens is 196 g/mol. The van der Waals surface area contributed by atoms with E-state index in [0.29, 0.717) is 0 Å². The average Bonchev–Trinajstić information content (AvgIpc) is 2.22. The van der Waals surface area contributed by atoms with Crippen LogP contribution < -0.4 is 5.73 Å². The molecule has 90 valence electrons. The molecule has 0 amide bonds. The summed E-state index contributed by atoms with van der Waals surface area (Å²) in [5.74, 6) is 0.768. The van der Waals surface area contributed by atoms with E-state index in [0.717, 1.165) is 24.7 Å². The maximum atomic E-state index is 5.90. The largest absolute Gasteiger partial charge is 0.399 e. The minimum absolute atomic E-state index is 0.768. The van der Waals surface area contributed by atoms with Crippen molar-refractivity contribution in [3.63, 3.8) is 0 Å². The second-order valence-electron chi connectivity index (χ2n) is 5.05. The second kappa shape index (κ2) is 5.90. The van der Waals surface area contributed by atoms with Crippen LogP contribution in [0.15, 0.2) is 18.2 Å². The van der Waals surface area contributed by atoms with Crippen molar-refractivity contribution in [2.75, 3.05) is 19.3 Å². The Balaban J connectivity index is 2.56. The predicted octanol–water partition coefficient (Wildman–Crippen LogP) is 3.06. The highest BCUT2D eigenvalue weighted by Gasteiger charge is 2.05. The molecule has 2 nitrogen and oxygen atoms in total. The minimum Gasteiger partial charge on any atom is -0.399 e. The molecule has 0 radical (unpaired) electrons. The van der Waals surface area contributed by atoms with Crippen LogP contribution in [-0.2, 0) is 6.54 Å². The van der Waals surface area contributed by atoms with Crippen molar-refractivity contribution in [2.24, 2.45) is 5.92 Å². The summed E-state index contributed by atoms with van der Waals surface area (Å²) in [6, 6.07) is 6.17. The molecule has 2 N–H and O–H groups in total. The van der Waals surface area contributed by atoms with Crippen LogP contribution >= 0.6 is 0 Å². The van der Waals surface area contributed by atoms with E-state index in [9.17, 15) is 0 Å². The van der Waals surface area contributed by atoms with E-state index in [-0.39, 0.29) is 0 Å². The smallest absolute Gasteiger partial charge is 0.0346 e. The van der Waals surface area contributed by atoms with Gasteiger partial charge in [0.2, 0.25) is 0 Å². The van der Waals surface area contributed by atoms with Gasteiger partial charge in [-0.05, 0) is 50.0 Å². The normalized spacial score (nSPS) is 11.4. The molecule has 0 aliphatic heterocycles. The topological polar surface area (TPSA) is 29.3 Å². The van der Waals surface area contributed by atoms with Crippen LogP contribution in [0.2, 0.25) is 0 Å². The molecule has 1 aromatic rings.